The van der Waals surface area contributed by atoms with Crippen LogP contribution in [0.5, 0.6) is 0 Å². The van der Waals surface area contributed by atoms with Gasteiger partial charge in [0.2, 0.25) is 23.6 Å². The van der Waals surface area contributed by atoms with Crippen LogP contribution in [0.3, 0.4) is 0 Å². The lowest BCUT2D eigenvalue weighted by atomic mass is 10.1. The molecule has 1 rings (SSSR count). The number of primary amides is 1. The standard InChI is InChI=1S/C19H34N8O6S/c20-10(9-34)17(31)27-8-2-4-13(27)16(30)25-11(3-1-7-24-19(22)23)15(29)26-12(18(32)33)5-6-14(21)28/h10-13,34H,1-9,20H2,(H2,21,28)(H,25,30)(H,26,29)(H,32,33)(H4,22,23,24). The van der Waals surface area contributed by atoms with Crippen molar-refractivity contribution >= 4 is 48.2 Å². The predicted molar refractivity (Wildman–Crippen MR) is 126 cm³/mol. The molecule has 14 nitrogen and oxygen atoms in total. The minimum atomic E-state index is -1.38. The van der Waals surface area contributed by atoms with Gasteiger partial charge in [0, 0.05) is 25.3 Å². The van der Waals surface area contributed by atoms with E-state index in [2.05, 4.69) is 28.3 Å². The third-order valence-electron chi connectivity index (χ3n) is 5.22. The summed E-state index contributed by atoms with van der Waals surface area (Å²) in [6.45, 7) is 0.519. The fourth-order valence-electron chi connectivity index (χ4n) is 3.45. The molecule has 11 N–H and O–H groups in total. The van der Waals surface area contributed by atoms with E-state index in [9.17, 15) is 29.1 Å². The third-order valence-corrected chi connectivity index (χ3v) is 5.62. The van der Waals surface area contributed by atoms with E-state index < -0.39 is 53.8 Å². The van der Waals surface area contributed by atoms with E-state index in [1.54, 1.807) is 0 Å². The molecule has 1 aliphatic rings. The van der Waals surface area contributed by atoms with Crippen molar-refractivity contribution in [3.8, 4) is 0 Å². The second-order valence-electron chi connectivity index (χ2n) is 7.89. The Morgan fingerprint density at radius 3 is 2.32 bits per heavy atom. The van der Waals surface area contributed by atoms with Crippen molar-refractivity contribution in [1.29, 1.82) is 0 Å². The summed E-state index contributed by atoms with van der Waals surface area (Å²) in [6, 6.07) is -4.20. The van der Waals surface area contributed by atoms with Crippen molar-refractivity contribution in [3.63, 3.8) is 0 Å². The van der Waals surface area contributed by atoms with E-state index in [4.69, 9.17) is 22.9 Å². The second-order valence-corrected chi connectivity index (χ2v) is 8.26. The number of aliphatic imine (C=N–C) groups is 1. The average Bonchev–Trinajstić information content (AvgIpc) is 3.26. The van der Waals surface area contributed by atoms with Gasteiger partial charge in [-0.05, 0) is 32.1 Å². The molecule has 0 aliphatic carbocycles. The van der Waals surface area contributed by atoms with Crippen molar-refractivity contribution in [2.45, 2.75) is 62.7 Å². The highest BCUT2D eigenvalue weighted by molar-refractivity contribution is 7.80. The molecule has 0 radical (unpaired) electrons. The number of hydrogen-bond acceptors (Lipinski definition) is 8. The molecule has 15 heteroatoms. The normalized spacial score (nSPS) is 17.8. The van der Waals surface area contributed by atoms with Crippen molar-refractivity contribution in [2.75, 3.05) is 18.8 Å². The molecule has 1 saturated heterocycles. The van der Waals surface area contributed by atoms with Gasteiger partial charge < -0.3 is 43.6 Å². The predicted octanol–water partition coefficient (Wildman–Crippen LogP) is -3.39. The Morgan fingerprint density at radius 2 is 1.76 bits per heavy atom. The summed E-state index contributed by atoms with van der Waals surface area (Å²) in [4.78, 5) is 66.0. The van der Waals surface area contributed by atoms with Gasteiger partial charge in [0.05, 0.1) is 6.04 Å². The summed E-state index contributed by atoms with van der Waals surface area (Å²) in [5, 5.41) is 14.3. The molecule has 4 atom stereocenters. The van der Waals surface area contributed by atoms with Crippen LogP contribution in [0.2, 0.25) is 0 Å². The van der Waals surface area contributed by atoms with Crippen molar-refractivity contribution in [2.24, 2.45) is 27.9 Å². The van der Waals surface area contributed by atoms with Gasteiger partial charge in [-0.25, -0.2) is 4.79 Å². The van der Waals surface area contributed by atoms with Crippen LogP contribution in [0, 0.1) is 0 Å². The Kier molecular flexibility index (Phi) is 12.1. The fraction of sp³-hybridized carbons (Fsp3) is 0.684. The first kappa shape index (κ1) is 29.0. The monoisotopic (exact) mass is 502 g/mol. The van der Waals surface area contributed by atoms with Gasteiger partial charge in [-0.2, -0.15) is 12.6 Å². The molecule has 0 aromatic heterocycles. The topological polar surface area (TPSA) is 249 Å². The maximum absolute atomic E-state index is 13.0. The van der Waals surface area contributed by atoms with Gasteiger partial charge in [0.15, 0.2) is 5.96 Å². The molecule has 1 fully saturated rings. The highest BCUT2D eigenvalue weighted by Gasteiger charge is 2.37. The third kappa shape index (κ3) is 9.43. The zero-order valence-electron chi connectivity index (χ0n) is 18.8. The Balaban J connectivity index is 2.95. The van der Waals surface area contributed by atoms with Crippen molar-refractivity contribution < 1.29 is 29.1 Å². The number of hydrogen-bond donors (Lipinski definition) is 8. The van der Waals surface area contributed by atoms with Gasteiger partial charge in [-0.15, -0.1) is 0 Å². The number of nitrogens with two attached hydrogens (primary N) is 4. The Hall–Kier alpha value is -3.07. The van der Waals surface area contributed by atoms with Gasteiger partial charge in [0.25, 0.3) is 0 Å². The summed E-state index contributed by atoms with van der Waals surface area (Å²) in [5.74, 6) is -3.84. The Morgan fingerprint density at radius 1 is 1.09 bits per heavy atom. The number of carbonyl (C=O) groups is 5. The molecule has 0 aromatic rings. The lowest BCUT2D eigenvalue weighted by Crippen LogP contribution is -2.56. The van der Waals surface area contributed by atoms with Crippen LogP contribution in [0.4, 0.5) is 0 Å². The number of carboxylic acids is 1. The molecule has 0 aromatic carbocycles. The number of nitrogens with one attached hydrogen (secondary N) is 2. The zero-order chi connectivity index (χ0) is 25.8. The van der Waals surface area contributed by atoms with E-state index >= 15 is 0 Å². The van der Waals surface area contributed by atoms with Crippen LogP contribution in [0.15, 0.2) is 4.99 Å². The van der Waals surface area contributed by atoms with Crippen molar-refractivity contribution in [3.05, 3.63) is 0 Å². The zero-order valence-corrected chi connectivity index (χ0v) is 19.7. The van der Waals surface area contributed by atoms with Crippen LogP contribution in [-0.2, 0) is 24.0 Å². The van der Waals surface area contributed by atoms with Gasteiger partial charge in [-0.1, -0.05) is 0 Å². The number of amides is 4. The maximum atomic E-state index is 13.0. The molecule has 4 amide bonds. The van der Waals surface area contributed by atoms with Gasteiger partial charge >= 0.3 is 5.97 Å². The molecule has 1 aliphatic heterocycles. The number of carboxylic acid groups (broad SMARTS) is 1. The second kappa shape index (κ2) is 14.2. The van der Waals surface area contributed by atoms with E-state index in [-0.39, 0.29) is 37.5 Å². The maximum Gasteiger partial charge on any atom is 0.326 e. The SMILES string of the molecule is NC(=O)CCC(NC(=O)C(CCCN=C(N)N)NC(=O)C1CCCN1C(=O)C(N)CS)C(=O)O. The molecular formula is C19H34N8O6S. The van der Waals surface area contributed by atoms with E-state index in [1.165, 1.54) is 4.90 Å². The molecule has 0 saturated carbocycles. The van der Waals surface area contributed by atoms with Crippen LogP contribution >= 0.6 is 12.6 Å². The van der Waals surface area contributed by atoms with Crippen LogP contribution in [0.1, 0.15) is 38.5 Å². The molecule has 34 heavy (non-hydrogen) atoms. The van der Waals surface area contributed by atoms with Crippen LogP contribution in [0.25, 0.3) is 0 Å². The first-order valence-corrected chi connectivity index (χ1v) is 11.4. The van der Waals surface area contributed by atoms with Crippen molar-refractivity contribution in [1.82, 2.24) is 15.5 Å². The quantitative estimate of drug-likeness (QED) is 0.0509. The molecule has 1 heterocycles. The molecule has 0 bridgehead atoms. The first-order valence-electron chi connectivity index (χ1n) is 10.8. The summed E-state index contributed by atoms with van der Waals surface area (Å²) < 4.78 is 0. The minimum Gasteiger partial charge on any atom is -0.480 e. The molecular weight excluding hydrogens is 468 g/mol. The summed E-state index contributed by atoms with van der Waals surface area (Å²) in [5.41, 5.74) is 21.4. The first-order chi connectivity index (χ1) is 16.0. The van der Waals surface area contributed by atoms with Crippen LogP contribution in [-0.4, -0.2) is 88.6 Å². The van der Waals surface area contributed by atoms with Gasteiger partial charge in [0.1, 0.15) is 18.1 Å². The molecule has 0 spiro atoms. The molecule has 4 unspecified atom stereocenters. The number of nitrogens with zero attached hydrogens (tertiary/aromatic N) is 2. The number of aliphatic carboxylic acids is 1. The summed E-state index contributed by atoms with van der Waals surface area (Å²) in [6.07, 6.45) is 0.898. The smallest absolute Gasteiger partial charge is 0.326 e. The molecule has 192 valence electrons. The lowest BCUT2D eigenvalue weighted by Gasteiger charge is -2.28. The highest BCUT2D eigenvalue weighted by Crippen LogP contribution is 2.19. The van der Waals surface area contributed by atoms with E-state index in [0.29, 0.717) is 25.8 Å². The lowest BCUT2D eigenvalue weighted by molar-refractivity contribution is -0.143. The number of thiol groups is 1. The summed E-state index contributed by atoms with van der Waals surface area (Å²) >= 11 is 4.02. The fourth-order valence-corrected chi connectivity index (χ4v) is 3.61. The average molecular weight is 503 g/mol. The number of likely N-dealkylation sites (tertiary alicyclic amines) is 1. The minimum absolute atomic E-state index is 0.0906. The van der Waals surface area contributed by atoms with E-state index in [0.717, 1.165) is 0 Å². The Labute approximate surface area is 202 Å². The highest BCUT2D eigenvalue weighted by atomic mass is 32.1. The number of guanidine groups is 1. The number of rotatable bonds is 14. The Bertz CT molecular complexity index is 791. The van der Waals surface area contributed by atoms with E-state index in [1.807, 2.05) is 0 Å². The van der Waals surface area contributed by atoms with Crippen LogP contribution < -0.4 is 33.6 Å². The number of carbonyl (C=O) groups excluding carboxylic acids is 4. The summed E-state index contributed by atoms with van der Waals surface area (Å²) in [7, 11) is 0. The van der Waals surface area contributed by atoms with Gasteiger partial charge in [-0.3, -0.25) is 24.2 Å². The largest absolute Gasteiger partial charge is 0.480 e.